The summed E-state index contributed by atoms with van der Waals surface area (Å²) in [6, 6.07) is -1.85. The van der Waals surface area contributed by atoms with Gasteiger partial charge < -0.3 is 52.2 Å². The molecule has 1 saturated heterocycles. The van der Waals surface area contributed by atoms with E-state index in [1.54, 1.807) is 0 Å². The first kappa shape index (κ1) is 21.4. The second-order valence-electron chi connectivity index (χ2n) is 7.24. The van der Waals surface area contributed by atoms with Crippen molar-refractivity contribution in [3.05, 3.63) is 0 Å². The molecule has 0 aromatic carbocycles. The molecule has 1 aliphatic heterocycles. The van der Waals surface area contributed by atoms with Crippen molar-refractivity contribution >= 4 is 5.84 Å². The molecule has 0 spiro atoms. The molecule has 11 atom stereocenters. The van der Waals surface area contributed by atoms with Gasteiger partial charge >= 0.3 is 0 Å². The zero-order valence-corrected chi connectivity index (χ0v) is 14.5. The zero-order valence-electron chi connectivity index (χ0n) is 14.5. The number of ether oxygens (including phenoxy) is 2. The average molecular weight is 378 g/mol. The summed E-state index contributed by atoms with van der Waals surface area (Å²) in [4.78, 5) is 0. The molecule has 12 N–H and O–H groups in total. The molecule has 2 rings (SSSR count). The number of amidine groups is 1. The molecule has 1 heterocycles. The second-order valence-corrected chi connectivity index (χ2v) is 7.24. The number of aliphatic hydroxyl groups is 5. The summed E-state index contributed by atoms with van der Waals surface area (Å²) in [5, 5.41) is 57.7. The third-order valence-electron chi connectivity index (χ3n) is 5.10. The van der Waals surface area contributed by atoms with Gasteiger partial charge in [0.05, 0.1) is 24.1 Å². The summed E-state index contributed by atoms with van der Waals surface area (Å²) in [5.74, 6) is -0.613. The van der Waals surface area contributed by atoms with Crippen LogP contribution in [-0.2, 0) is 9.47 Å². The summed E-state index contributed by atoms with van der Waals surface area (Å²) < 4.78 is 11.1. The van der Waals surface area contributed by atoms with E-state index in [2.05, 4.69) is 0 Å². The van der Waals surface area contributed by atoms with Crippen molar-refractivity contribution in [3.63, 3.8) is 0 Å². The molecule has 11 heteroatoms. The molecule has 1 aliphatic carbocycles. The van der Waals surface area contributed by atoms with Gasteiger partial charge in [0.25, 0.3) is 0 Å². The SMILES string of the molecule is C[C@@H](O)C1O[C@H](O[C@@H]2C(N)CC(CC(=N)N)[C@@H](O)C2O)[C@@H](N)[C@H](O)[C@@H]1O. The van der Waals surface area contributed by atoms with Crippen LogP contribution in [0.15, 0.2) is 0 Å². The Bertz CT molecular complexity index is 497. The molecule has 0 aromatic heterocycles. The molecule has 0 amide bonds. The monoisotopic (exact) mass is 378 g/mol. The fourth-order valence-corrected chi connectivity index (χ4v) is 3.60. The van der Waals surface area contributed by atoms with E-state index in [0.717, 1.165) is 0 Å². The standard InChI is InChI=1S/C15H30N4O7/c1-4(20)13-12(24)10(22)8(19)15(25-13)26-14-6(16)2-5(3-7(17)18)9(21)11(14)23/h4-6,8-15,20-24H,2-3,16,19H2,1H3,(H3,17,18)/t4-,5?,6?,8+,9-,10+,11?,12+,13?,14-,15-/m1/s1. The minimum Gasteiger partial charge on any atom is -0.391 e. The topological polar surface area (TPSA) is 222 Å². The van der Waals surface area contributed by atoms with Crippen LogP contribution in [0.2, 0.25) is 0 Å². The Morgan fingerprint density at radius 1 is 1.15 bits per heavy atom. The van der Waals surface area contributed by atoms with E-state index >= 15 is 0 Å². The van der Waals surface area contributed by atoms with E-state index in [0.29, 0.717) is 0 Å². The molecule has 26 heavy (non-hydrogen) atoms. The number of hydrogen-bond acceptors (Lipinski definition) is 10. The molecular weight excluding hydrogens is 348 g/mol. The quantitative estimate of drug-likeness (QED) is 0.166. The first-order valence-electron chi connectivity index (χ1n) is 8.59. The highest BCUT2D eigenvalue weighted by Crippen LogP contribution is 2.32. The van der Waals surface area contributed by atoms with Gasteiger partial charge in [0.1, 0.15) is 30.5 Å². The minimum absolute atomic E-state index is 0.0904. The van der Waals surface area contributed by atoms with Gasteiger partial charge in [0.2, 0.25) is 0 Å². The predicted octanol–water partition coefficient (Wildman–Crippen LogP) is -4.08. The molecule has 1 saturated carbocycles. The average Bonchev–Trinajstić information content (AvgIpc) is 2.55. The van der Waals surface area contributed by atoms with Crippen LogP contribution < -0.4 is 17.2 Å². The number of hydrogen-bond donors (Lipinski definition) is 9. The molecule has 2 fully saturated rings. The van der Waals surface area contributed by atoms with E-state index in [4.69, 9.17) is 32.1 Å². The highest BCUT2D eigenvalue weighted by Gasteiger charge is 2.49. The summed E-state index contributed by atoms with van der Waals surface area (Å²) in [6.45, 7) is 1.38. The highest BCUT2D eigenvalue weighted by atomic mass is 16.7. The van der Waals surface area contributed by atoms with Crippen LogP contribution in [0.4, 0.5) is 0 Å². The van der Waals surface area contributed by atoms with Gasteiger partial charge in [-0.3, -0.25) is 5.41 Å². The van der Waals surface area contributed by atoms with Gasteiger partial charge in [-0.2, -0.15) is 0 Å². The van der Waals surface area contributed by atoms with Gasteiger partial charge in [-0.1, -0.05) is 0 Å². The maximum Gasteiger partial charge on any atom is 0.176 e. The molecule has 152 valence electrons. The Labute approximate surface area is 151 Å². The first-order chi connectivity index (χ1) is 12.0. The Morgan fingerprint density at radius 2 is 1.77 bits per heavy atom. The number of nitrogens with two attached hydrogens (primary N) is 3. The lowest BCUT2D eigenvalue weighted by Gasteiger charge is -2.46. The Morgan fingerprint density at radius 3 is 2.31 bits per heavy atom. The Hall–Kier alpha value is -0.890. The maximum absolute atomic E-state index is 10.4. The van der Waals surface area contributed by atoms with Gasteiger partial charge in [-0.25, -0.2) is 0 Å². The van der Waals surface area contributed by atoms with Gasteiger partial charge in [-0.05, 0) is 19.3 Å². The lowest BCUT2D eigenvalue weighted by Crippen LogP contribution is -2.66. The molecule has 11 nitrogen and oxygen atoms in total. The van der Waals surface area contributed by atoms with Crippen LogP contribution >= 0.6 is 0 Å². The van der Waals surface area contributed by atoms with Crippen molar-refractivity contribution in [1.82, 2.24) is 0 Å². The van der Waals surface area contributed by atoms with E-state index < -0.39 is 67.0 Å². The van der Waals surface area contributed by atoms with Crippen molar-refractivity contribution in [3.8, 4) is 0 Å². The highest BCUT2D eigenvalue weighted by molar-refractivity contribution is 5.77. The molecule has 0 radical (unpaired) electrons. The van der Waals surface area contributed by atoms with E-state index in [-0.39, 0.29) is 18.7 Å². The molecule has 0 aromatic rings. The van der Waals surface area contributed by atoms with E-state index in [1.807, 2.05) is 0 Å². The second kappa shape index (κ2) is 8.42. The summed E-state index contributed by atoms with van der Waals surface area (Å²) >= 11 is 0. The molecule has 2 aliphatic rings. The fraction of sp³-hybridized carbons (Fsp3) is 0.933. The van der Waals surface area contributed by atoms with Crippen molar-refractivity contribution in [2.24, 2.45) is 23.1 Å². The third kappa shape index (κ3) is 4.32. The predicted molar refractivity (Wildman–Crippen MR) is 89.8 cm³/mol. The number of nitrogens with one attached hydrogen (secondary N) is 1. The van der Waals surface area contributed by atoms with Crippen molar-refractivity contribution in [2.45, 2.75) is 80.9 Å². The first-order valence-corrected chi connectivity index (χ1v) is 8.59. The smallest absolute Gasteiger partial charge is 0.176 e. The van der Waals surface area contributed by atoms with Crippen molar-refractivity contribution < 1.29 is 35.0 Å². The van der Waals surface area contributed by atoms with E-state index in [1.165, 1.54) is 6.92 Å². The molecule has 4 unspecified atom stereocenters. The van der Waals surface area contributed by atoms with Crippen LogP contribution in [-0.4, -0.2) is 92.5 Å². The number of aliphatic hydroxyl groups excluding tert-OH is 5. The summed E-state index contributed by atoms with van der Waals surface area (Å²) in [5.41, 5.74) is 17.2. The van der Waals surface area contributed by atoms with Crippen LogP contribution in [0, 0.1) is 11.3 Å². The minimum atomic E-state index is -1.42. The normalized spacial score (nSPS) is 48.2. The summed E-state index contributed by atoms with van der Waals surface area (Å²) in [7, 11) is 0. The fourth-order valence-electron chi connectivity index (χ4n) is 3.60. The van der Waals surface area contributed by atoms with Crippen LogP contribution in [0.5, 0.6) is 0 Å². The zero-order chi connectivity index (χ0) is 19.8. The number of rotatable bonds is 5. The molecule has 0 bridgehead atoms. The van der Waals surface area contributed by atoms with Crippen LogP contribution in [0.25, 0.3) is 0 Å². The Balaban J connectivity index is 2.10. The molecular formula is C15H30N4O7. The summed E-state index contributed by atoms with van der Waals surface area (Å²) in [6.07, 6.45) is -9.63. The van der Waals surface area contributed by atoms with Gasteiger partial charge in [-0.15, -0.1) is 0 Å². The maximum atomic E-state index is 10.4. The van der Waals surface area contributed by atoms with Crippen LogP contribution in [0.1, 0.15) is 19.8 Å². The largest absolute Gasteiger partial charge is 0.391 e. The van der Waals surface area contributed by atoms with Gasteiger partial charge in [0, 0.05) is 12.5 Å². The third-order valence-corrected chi connectivity index (χ3v) is 5.10. The lowest BCUT2D eigenvalue weighted by molar-refractivity contribution is -0.302. The van der Waals surface area contributed by atoms with Crippen molar-refractivity contribution in [2.75, 3.05) is 0 Å². The van der Waals surface area contributed by atoms with E-state index in [9.17, 15) is 25.5 Å². The van der Waals surface area contributed by atoms with Crippen molar-refractivity contribution in [1.29, 1.82) is 5.41 Å². The Kier molecular flexibility index (Phi) is 6.93. The van der Waals surface area contributed by atoms with Gasteiger partial charge in [0.15, 0.2) is 6.29 Å². The van der Waals surface area contributed by atoms with Crippen LogP contribution in [0.3, 0.4) is 0 Å². The lowest BCUT2D eigenvalue weighted by atomic mass is 9.78.